The molecule has 0 aromatic carbocycles. The van der Waals surface area contributed by atoms with Gasteiger partial charge in [0.25, 0.3) is 5.91 Å². The first kappa shape index (κ1) is 13.1. The van der Waals surface area contributed by atoms with Crippen LogP contribution in [-0.4, -0.2) is 29.6 Å². The fourth-order valence-corrected chi connectivity index (χ4v) is 2.17. The van der Waals surface area contributed by atoms with Crippen LogP contribution in [0.15, 0.2) is 12.3 Å². The fraction of sp³-hybridized carbons (Fsp3) is 0.500. The Morgan fingerprint density at radius 1 is 1.67 bits per heavy atom. The molecule has 1 aromatic heterocycles. The first-order valence-corrected chi connectivity index (χ1v) is 6.19. The number of aromatic nitrogens is 1. The average Bonchev–Trinajstić information content (AvgIpc) is 2.32. The molecule has 0 bridgehead atoms. The number of carbonyl (C=O) groups excluding carboxylic acids is 1. The molecule has 2 rings (SSSR count). The lowest BCUT2D eigenvalue weighted by Gasteiger charge is -2.34. The van der Waals surface area contributed by atoms with Gasteiger partial charge in [-0.2, -0.15) is 0 Å². The highest BCUT2D eigenvalue weighted by molar-refractivity contribution is 6.29. The number of rotatable bonds is 2. The minimum Gasteiger partial charge on any atom is -0.397 e. The second kappa shape index (κ2) is 5.12. The van der Waals surface area contributed by atoms with E-state index in [0.717, 1.165) is 19.4 Å². The van der Waals surface area contributed by atoms with E-state index in [1.165, 1.54) is 12.3 Å². The zero-order valence-electron chi connectivity index (χ0n) is 10.2. The van der Waals surface area contributed by atoms with Crippen LogP contribution in [0, 0.1) is 0 Å². The second-order valence-corrected chi connectivity index (χ2v) is 5.15. The molecule has 0 aliphatic carbocycles. The van der Waals surface area contributed by atoms with Crippen LogP contribution in [0.2, 0.25) is 5.15 Å². The van der Waals surface area contributed by atoms with Gasteiger partial charge in [0.1, 0.15) is 5.15 Å². The van der Waals surface area contributed by atoms with Gasteiger partial charge in [-0.3, -0.25) is 4.79 Å². The Morgan fingerprint density at radius 3 is 3.11 bits per heavy atom. The first-order valence-electron chi connectivity index (χ1n) is 5.81. The van der Waals surface area contributed by atoms with Crippen LogP contribution in [0.25, 0.3) is 0 Å². The molecule has 1 aliphatic rings. The molecule has 1 atom stereocenters. The van der Waals surface area contributed by atoms with Crippen LogP contribution in [0.4, 0.5) is 5.69 Å². The van der Waals surface area contributed by atoms with E-state index in [-0.39, 0.29) is 16.6 Å². The summed E-state index contributed by atoms with van der Waals surface area (Å²) in [4.78, 5) is 16.0. The number of nitrogen functional groups attached to an aromatic ring is 1. The summed E-state index contributed by atoms with van der Waals surface area (Å²) >= 11 is 5.77. The van der Waals surface area contributed by atoms with Gasteiger partial charge in [-0.05, 0) is 25.8 Å². The van der Waals surface area contributed by atoms with Crippen LogP contribution in [0.5, 0.6) is 0 Å². The van der Waals surface area contributed by atoms with Gasteiger partial charge < -0.3 is 15.8 Å². The molecule has 1 amide bonds. The van der Waals surface area contributed by atoms with Crippen molar-refractivity contribution < 1.29 is 9.53 Å². The van der Waals surface area contributed by atoms with Crippen molar-refractivity contribution in [2.24, 2.45) is 0 Å². The molecular formula is C12H16ClN3O2. The summed E-state index contributed by atoms with van der Waals surface area (Å²) in [6.07, 6.45) is 3.21. The average molecular weight is 270 g/mol. The third kappa shape index (κ3) is 2.91. The minimum absolute atomic E-state index is 0.246. The molecular weight excluding hydrogens is 254 g/mol. The van der Waals surface area contributed by atoms with Crippen molar-refractivity contribution in [3.05, 3.63) is 23.0 Å². The molecule has 0 saturated carbocycles. The molecule has 5 nitrogen and oxygen atoms in total. The SMILES string of the molecule is CC1(NC(=O)c2cc(Cl)ncc2N)CCCOC1. The van der Waals surface area contributed by atoms with Crippen molar-refractivity contribution in [3.63, 3.8) is 0 Å². The maximum Gasteiger partial charge on any atom is 0.254 e. The number of carbonyl (C=O) groups is 1. The third-order valence-electron chi connectivity index (χ3n) is 3.00. The summed E-state index contributed by atoms with van der Waals surface area (Å²) in [6, 6.07) is 1.47. The van der Waals surface area contributed by atoms with Crippen molar-refractivity contribution in [2.75, 3.05) is 18.9 Å². The molecule has 1 aliphatic heterocycles. The van der Waals surface area contributed by atoms with Gasteiger partial charge in [0, 0.05) is 6.61 Å². The molecule has 98 valence electrons. The van der Waals surface area contributed by atoms with Gasteiger partial charge in [0.15, 0.2) is 0 Å². The summed E-state index contributed by atoms with van der Waals surface area (Å²) in [5.41, 5.74) is 6.04. The van der Waals surface area contributed by atoms with Gasteiger partial charge in [-0.1, -0.05) is 11.6 Å². The van der Waals surface area contributed by atoms with E-state index in [1.54, 1.807) is 0 Å². The monoisotopic (exact) mass is 269 g/mol. The number of anilines is 1. The zero-order valence-corrected chi connectivity index (χ0v) is 11.0. The molecule has 0 spiro atoms. The highest BCUT2D eigenvalue weighted by Gasteiger charge is 2.30. The lowest BCUT2D eigenvalue weighted by atomic mass is 9.94. The fourth-order valence-electron chi connectivity index (χ4n) is 2.01. The van der Waals surface area contributed by atoms with Crippen LogP contribution in [0.3, 0.4) is 0 Å². The molecule has 6 heteroatoms. The zero-order chi connectivity index (χ0) is 13.2. The molecule has 2 heterocycles. The van der Waals surface area contributed by atoms with Crippen LogP contribution >= 0.6 is 11.6 Å². The Balaban J connectivity index is 2.14. The van der Waals surface area contributed by atoms with E-state index < -0.39 is 0 Å². The number of hydrogen-bond donors (Lipinski definition) is 2. The lowest BCUT2D eigenvalue weighted by molar-refractivity contribution is 0.0273. The van der Waals surface area contributed by atoms with Gasteiger partial charge in [-0.15, -0.1) is 0 Å². The molecule has 1 saturated heterocycles. The summed E-state index contributed by atoms with van der Waals surface area (Å²) in [6.45, 7) is 3.22. The Hall–Kier alpha value is -1.33. The first-order chi connectivity index (χ1) is 8.50. The second-order valence-electron chi connectivity index (χ2n) is 4.77. The van der Waals surface area contributed by atoms with E-state index in [1.807, 2.05) is 6.92 Å². The highest BCUT2D eigenvalue weighted by Crippen LogP contribution is 2.21. The van der Waals surface area contributed by atoms with Gasteiger partial charge in [-0.25, -0.2) is 4.98 Å². The molecule has 18 heavy (non-hydrogen) atoms. The number of ether oxygens (including phenoxy) is 1. The summed E-state index contributed by atoms with van der Waals surface area (Å²) in [5.74, 6) is -0.246. The van der Waals surface area contributed by atoms with E-state index in [0.29, 0.717) is 17.9 Å². The predicted molar refractivity (Wildman–Crippen MR) is 69.6 cm³/mol. The van der Waals surface area contributed by atoms with Crippen molar-refractivity contribution in [1.29, 1.82) is 0 Å². The third-order valence-corrected chi connectivity index (χ3v) is 3.21. The predicted octanol–water partition coefficient (Wildman–Crippen LogP) is 1.62. The smallest absolute Gasteiger partial charge is 0.254 e. The number of hydrogen-bond acceptors (Lipinski definition) is 4. The van der Waals surface area contributed by atoms with Crippen molar-refractivity contribution in [1.82, 2.24) is 10.3 Å². The largest absolute Gasteiger partial charge is 0.397 e. The topological polar surface area (TPSA) is 77.2 Å². The van der Waals surface area contributed by atoms with E-state index in [2.05, 4.69) is 10.3 Å². The number of nitrogens with one attached hydrogen (secondary N) is 1. The maximum absolute atomic E-state index is 12.2. The molecule has 0 radical (unpaired) electrons. The van der Waals surface area contributed by atoms with Gasteiger partial charge in [0.2, 0.25) is 0 Å². The molecule has 1 aromatic rings. The molecule has 1 fully saturated rings. The Kier molecular flexibility index (Phi) is 3.73. The number of nitrogens with zero attached hydrogens (tertiary/aromatic N) is 1. The number of amides is 1. The Bertz CT molecular complexity index is 459. The normalized spacial score (nSPS) is 23.7. The van der Waals surface area contributed by atoms with Crippen LogP contribution < -0.4 is 11.1 Å². The quantitative estimate of drug-likeness (QED) is 0.800. The summed E-state index contributed by atoms with van der Waals surface area (Å²) < 4.78 is 5.39. The van der Waals surface area contributed by atoms with E-state index >= 15 is 0 Å². The van der Waals surface area contributed by atoms with E-state index in [4.69, 9.17) is 22.1 Å². The molecule has 1 unspecified atom stereocenters. The van der Waals surface area contributed by atoms with Crippen LogP contribution in [0.1, 0.15) is 30.1 Å². The van der Waals surface area contributed by atoms with Crippen molar-refractivity contribution in [2.45, 2.75) is 25.3 Å². The standard InChI is InChI=1S/C12H16ClN3O2/c1-12(3-2-4-18-7-12)16-11(17)8-5-10(13)15-6-9(8)14/h5-6H,2-4,7,14H2,1H3,(H,16,17). The van der Waals surface area contributed by atoms with Crippen LogP contribution in [-0.2, 0) is 4.74 Å². The van der Waals surface area contributed by atoms with Gasteiger partial charge in [0.05, 0.1) is 29.6 Å². The lowest BCUT2D eigenvalue weighted by Crippen LogP contribution is -2.51. The maximum atomic E-state index is 12.2. The molecule has 3 N–H and O–H groups in total. The Labute approximate surface area is 111 Å². The highest BCUT2D eigenvalue weighted by atomic mass is 35.5. The number of nitrogens with two attached hydrogens (primary N) is 1. The summed E-state index contributed by atoms with van der Waals surface area (Å²) in [7, 11) is 0. The summed E-state index contributed by atoms with van der Waals surface area (Å²) in [5, 5.41) is 3.20. The number of halogens is 1. The Morgan fingerprint density at radius 2 is 2.44 bits per heavy atom. The van der Waals surface area contributed by atoms with Gasteiger partial charge >= 0.3 is 0 Å². The van der Waals surface area contributed by atoms with E-state index in [9.17, 15) is 4.79 Å². The van der Waals surface area contributed by atoms with Crippen molar-refractivity contribution >= 4 is 23.2 Å². The van der Waals surface area contributed by atoms with Crippen molar-refractivity contribution in [3.8, 4) is 0 Å². The number of pyridine rings is 1. The minimum atomic E-state index is -0.350.